The van der Waals surface area contributed by atoms with Gasteiger partial charge in [0.1, 0.15) is 18.1 Å². The van der Waals surface area contributed by atoms with E-state index in [0.29, 0.717) is 11.3 Å². The minimum atomic E-state index is -0.684. The fourth-order valence-electron chi connectivity index (χ4n) is 3.87. The van der Waals surface area contributed by atoms with Gasteiger partial charge in [-0.2, -0.15) is 0 Å². The number of aliphatic hydroxyl groups is 1. The topological polar surface area (TPSA) is 125 Å². The van der Waals surface area contributed by atoms with E-state index in [1.54, 1.807) is 19.2 Å². The third kappa shape index (κ3) is 2.60. The van der Waals surface area contributed by atoms with Gasteiger partial charge < -0.3 is 30.1 Å². The first-order chi connectivity index (χ1) is 13.9. The zero-order valence-electron chi connectivity index (χ0n) is 15.8. The number of ether oxygens (including phenoxy) is 2. The van der Waals surface area contributed by atoms with Crippen LogP contribution in [0, 0.1) is 0 Å². The lowest BCUT2D eigenvalue weighted by molar-refractivity contribution is 0.0972. The monoisotopic (exact) mass is 397 g/mol. The lowest BCUT2D eigenvalue weighted by Gasteiger charge is -2.25. The molecule has 2 aromatic rings. The van der Waals surface area contributed by atoms with Crippen LogP contribution in [-0.4, -0.2) is 47.7 Å². The molecular formula is C21H19NO7. The minimum Gasteiger partial charge on any atom is -0.507 e. The van der Waals surface area contributed by atoms with Crippen molar-refractivity contribution >= 4 is 11.6 Å². The van der Waals surface area contributed by atoms with Crippen molar-refractivity contribution in [1.82, 2.24) is 5.32 Å². The summed E-state index contributed by atoms with van der Waals surface area (Å²) in [4.78, 5) is 26.5. The van der Waals surface area contributed by atoms with Gasteiger partial charge in [-0.25, -0.2) is 0 Å². The quantitative estimate of drug-likeness (QED) is 0.491. The van der Waals surface area contributed by atoms with Gasteiger partial charge in [-0.05, 0) is 25.3 Å². The normalized spacial score (nSPS) is 17.1. The Morgan fingerprint density at radius 1 is 1.14 bits per heavy atom. The van der Waals surface area contributed by atoms with Crippen molar-refractivity contribution in [2.24, 2.45) is 0 Å². The smallest absolute Gasteiger partial charge is 0.198 e. The lowest BCUT2D eigenvalue weighted by atomic mass is 9.79. The fraction of sp³-hybridized carbons (Fsp3) is 0.238. The fourth-order valence-corrected chi connectivity index (χ4v) is 3.87. The maximum Gasteiger partial charge on any atom is 0.198 e. The molecule has 150 valence electrons. The first-order valence-corrected chi connectivity index (χ1v) is 8.94. The molecule has 0 saturated heterocycles. The van der Waals surface area contributed by atoms with Crippen LogP contribution in [-0.2, 0) is 6.61 Å². The van der Waals surface area contributed by atoms with Crippen molar-refractivity contribution in [1.29, 1.82) is 0 Å². The number of aliphatic hydroxyl groups excluding tert-OH is 1. The summed E-state index contributed by atoms with van der Waals surface area (Å²) in [6.07, 6.45) is 3.56. The van der Waals surface area contributed by atoms with Crippen molar-refractivity contribution in [3.8, 4) is 23.0 Å². The number of methoxy groups -OCH3 is 1. The second-order valence-corrected chi connectivity index (χ2v) is 6.71. The second kappa shape index (κ2) is 6.91. The second-order valence-electron chi connectivity index (χ2n) is 6.71. The Balaban J connectivity index is 2.03. The average Bonchev–Trinajstić information content (AvgIpc) is 2.93. The van der Waals surface area contributed by atoms with E-state index in [4.69, 9.17) is 9.47 Å². The minimum absolute atomic E-state index is 0.00728. The average molecular weight is 397 g/mol. The van der Waals surface area contributed by atoms with E-state index in [9.17, 15) is 24.9 Å². The third-order valence-corrected chi connectivity index (χ3v) is 5.27. The molecular weight excluding hydrogens is 378 g/mol. The zero-order valence-corrected chi connectivity index (χ0v) is 15.8. The Hall–Kier alpha value is -3.36. The summed E-state index contributed by atoms with van der Waals surface area (Å²) in [6, 6.07) is 2.28. The Bertz CT molecular complexity index is 1090. The third-order valence-electron chi connectivity index (χ3n) is 5.27. The van der Waals surface area contributed by atoms with Crippen LogP contribution in [0.1, 0.15) is 49.0 Å². The van der Waals surface area contributed by atoms with E-state index in [2.05, 4.69) is 5.32 Å². The van der Waals surface area contributed by atoms with Crippen LogP contribution >= 0.6 is 0 Å². The number of aromatic hydroxyl groups is 2. The largest absolute Gasteiger partial charge is 0.507 e. The van der Waals surface area contributed by atoms with Gasteiger partial charge in [-0.1, -0.05) is 6.08 Å². The molecule has 1 unspecified atom stereocenters. The highest BCUT2D eigenvalue weighted by atomic mass is 16.5. The molecule has 1 aliphatic heterocycles. The molecule has 4 N–H and O–H groups in total. The van der Waals surface area contributed by atoms with E-state index < -0.39 is 30.0 Å². The Kier molecular flexibility index (Phi) is 4.52. The molecule has 1 heterocycles. The predicted octanol–water partition coefficient (Wildman–Crippen LogP) is 1.58. The number of likely N-dealkylation sites (N-methyl/N-ethyl adjacent to an activating group) is 1. The summed E-state index contributed by atoms with van der Waals surface area (Å²) in [7, 11) is 3.00. The van der Waals surface area contributed by atoms with Gasteiger partial charge in [-0.15, -0.1) is 0 Å². The molecule has 0 radical (unpaired) electrons. The van der Waals surface area contributed by atoms with Gasteiger partial charge in [-0.3, -0.25) is 9.59 Å². The molecule has 2 aromatic carbocycles. The van der Waals surface area contributed by atoms with Gasteiger partial charge in [0.25, 0.3) is 0 Å². The highest BCUT2D eigenvalue weighted by molar-refractivity contribution is 6.30. The van der Waals surface area contributed by atoms with E-state index in [0.717, 1.165) is 0 Å². The highest BCUT2D eigenvalue weighted by Gasteiger charge is 2.39. The van der Waals surface area contributed by atoms with Crippen molar-refractivity contribution in [3.05, 3.63) is 57.7 Å². The van der Waals surface area contributed by atoms with Crippen LogP contribution in [0.4, 0.5) is 0 Å². The maximum absolute atomic E-state index is 13.3. The molecule has 0 fully saturated rings. The Labute approximate surface area is 166 Å². The number of ketones is 2. The van der Waals surface area contributed by atoms with Gasteiger partial charge in [0.05, 0.1) is 30.9 Å². The number of benzene rings is 2. The number of hydrogen-bond acceptors (Lipinski definition) is 8. The number of carbonyl (C=O) groups excluding carboxylic acids is 2. The standard InChI is InChI=1S/C21H19NO7/c1-22-12-4-3-5-29-13-6-10-16(21(27)17(12)13)20(26)15-9(18(10)24)7-14(28-2)19(25)11(15)8-23/h3-4,6-7,12,22-23,25,27H,5,8H2,1-2H3. The molecule has 29 heavy (non-hydrogen) atoms. The number of carbonyl (C=O) groups is 2. The molecule has 0 spiro atoms. The van der Waals surface area contributed by atoms with Crippen LogP contribution in [0.2, 0.25) is 0 Å². The number of phenolic OH excluding ortho intramolecular Hbond substituents is 1. The summed E-state index contributed by atoms with van der Waals surface area (Å²) in [5, 5.41) is 34.1. The van der Waals surface area contributed by atoms with Crippen molar-refractivity contribution in [3.63, 3.8) is 0 Å². The van der Waals surface area contributed by atoms with E-state index in [1.165, 1.54) is 19.2 Å². The molecule has 0 bridgehead atoms. The molecule has 1 atom stereocenters. The number of hydrogen-bond donors (Lipinski definition) is 4. The molecule has 1 aliphatic carbocycles. The van der Waals surface area contributed by atoms with Crippen LogP contribution in [0.15, 0.2) is 24.3 Å². The van der Waals surface area contributed by atoms with Crippen LogP contribution in [0.3, 0.4) is 0 Å². The van der Waals surface area contributed by atoms with Gasteiger partial charge in [0, 0.05) is 22.3 Å². The van der Waals surface area contributed by atoms with Crippen LogP contribution in [0.25, 0.3) is 0 Å². The highest BCUT2D eigenvalue weighted by Crippen LogP contribution is 2.46. The van der Waals surface area contributed by atoms with Gasteiger partial charge in [0.2, 0.25) is 0 Å². The van der Waals surface area contributed by atoms with E-state index in [-0.39, 0.29) is 45.9 Å². The van der Waals surface area contributed by atoms with Crippen LogP contribution in [0.5, 0.6) is 23.0 Å². The first kappa shape index (κ1) is 19.0. The molecule has 0 amide bonds. The summed E-state index contributed by atoms with van der Waals surface area (Å²) in [6.45, 7) is -0.436. The van der Waals surface area contributed by atoms with Crippen molar-refractivity contribution < 1.29 is 34.4 Å². The molecule has 8 heteroatoms. The predicted molar refractivity (Wildman–Crippen MR) is 102 cm³/mol. The first-order valence-electron chi connectivity index (χ1n) is 8.94. The number of fused-ring (bicyclic) bond motifs is 3. The van der Waals surface area contributed by atoms with Gasteiger partial charge in [0.15, 0.2) is 23.1 Å². The Morgan fingerprint density at radius 2 is 1.86 bits per heavy atom. The van der Waals surface area contributed by atoms with E-state index in [1.807, 2.05) is 0 Å². The molecule has 4 rings (SSSR count). The summed E-state index contributed by atoms with van der Waals surface area (Å²) < 4.78 is 10.7. The molecule has 2 aliphatic rings. The molecule has 0 aromatic heterocycles. The van der Waals surface area contributed by atoms with Crippen LogP contribution < -0.4 is 14.8 Å². The zero-order chi connectivity index (χ0) is 20.9. The van der Waals surface area contributed by atoms with E-state index >= 15 is 0 Å². The van der Waals surface area contributed by atoms with Crippen molar-refractivity contribution in [2.75, 3.05) is 20.8 Å². The summed E-state index contributed by atoms with van der Waals surface area (Å²) in [5.41, 5.74) is -0.138. The lowest BCUT2D eigenvalue weighted by Crippen LogP contribution is -2.25. The summed E-state index contributed by atoms with van der Waals surface area (Å²) in [5.74, 6) is -1.74. The maximum atomic E-state index is 13.3. The number of rotatable bonds is 3. The number of phenols is 2. The SMILES string of the molecule is CNC1C=CCOc2cc3c(c(O)c21)C(=O)c1c(cc(OC)c(O)c1CO)C3=O. The number of nitrogens with one attached hydrogen (secondary N) is 1. The van der Waals surface area contributed by atoms with Crippen molar-refractivity contribution in [2.45, 2.75) is 12.6 Å². The Morgan fingerprint density at radius 3 is 2.52 bits per heavy atom. The summed E-state index contributed by atoms with van der Waals surface area (Å²) >= 11 is 0. The van der Waals surface area contributed by atoms with Gasteiger partial charge >= 0.3 is 0 Å². The molecule has 8 nitrogen and oxygen atoms in total. The molecule has 0 saturated carbocycles.